The lowest BCUT2D eigenvalue weighted by Crippen LogP contribution is -2.50. The molecular weight excluding hydrogens is 347 g/mol. The third-order valence-corrected chi connectivity index (χ3v) is 4.86. The molecule has 2 aromatic carbocycles. The molecule has 0 aromatic heterocycles. The van der Waals surface area contributed by atoms with Crippen LogP contribution < -0.4 is 10.5 Å². The van der Waals surface area contributed by atoms with Crippen molar-refractivity contribution in [2.75, 3.05) is 19.7 Å². The van der Waals surface area contributed by atoms with Gasteiger partial charge in [-0.2, -0.15) is 0 Å². The number of likely N-dealkylation sites (tertiary alicyclic amines) is 1. The number of nitrogens with zero attached hydrogens (tertiary/aromatic N) is 1. The Kier molecular flexibility index (Phi) is 5.74. The maximum atomic E-state index is 13.5. The number of ether oxygens (including phenoxy) is 1. The van der Waals surface area contributed by atoms with Gasteiger partial charge in [0.25, 0.3) is 5.91 Å². The number of primary amides is 1. The van der Waals surface area contributed by atoms with Gasteiger partial charge in [0.15, 0.2) is 0 Å². The van der Waals surface area contributed by atoms with Crippen molar-refractivity contribution in [2.24, 2.45) is 11.1 Å². The summed E-state index contributed by atoms with van der Waals surface area (Å²) < 4.78 is 19.4. The number of amides is 2. The summed E-state index contributed by atoms with van der Waals surface area (Å²) in [6.45, 7) is 1.19. The zero-order valence-corrected chi connectivity index (χ0v) is 15.1. The van der Waals surface area contributed by atoms with Gasteiger partial charge in [0, 0.05) is 30.5 Å². The smallest absolute Gasteiger partial charge is 0.253 e. The number of hydrogen-bond acceptors (Lipinski definition) is 3. The monoisotopic (exact) mass is 370 g/mol. The van der Waals surface area contributed by atoms with Crippen molar-refractivity contribution in [2.45, 2.75) is 19.3 Å². The quantitative estimate of drug-likeness (QED) is 0.850. The number of carbonyl (C=O) groups excluding carboxylic acids is 2. The van der Waals surface area contributed by atoms with Crippen molar-refractivity contribution in [3.8, 4) is 5.75 Å². The number of nitrogens with two attached hydrogens (primary N) is 1. The Balaban J connectivity index is 1.77. The highest BCUT2D eigenvalue weighted by Gasteiger charge is 2.39. The van der Waals surface area contributed by atoms with Gasteiger partial charge in [-0.1, -0.05) is 24.3 Å². The van der Waals surface area contributed by atoms with Gasteiger partial charge in [-0.3, -0.25) is 9.59 Å². The molecule has 1 fully saturated rings. The molecule has 1 saturated heterocycles. The normalized spacial score (nSPS) is 19.5. The Morgan fingerprint density at radius 1 is 1.15 bits per heavy atom. The average molecular weight is 370 g/mol. The van der Waals surface area contributed by atoms with Crippen molar-refractivity contribution in [1.82, 2.24) is 4.90 Å². The molecule has 2 N–H and O–H groups in total. The lowest BCUT2D eigenvalue weighted by molar-refractivity contribution is -0.122. The van der Waals surface area contributed by atoms with E-state index in [2.05, 4.69) is 0 Å². The van der Waals surface area contributed by atoms with E-state index in [0.717, 1.165) is 12.8 Å². The fourth-order valence-corrected chi connectivity index (χ4v) is 3.62. The van der Waals surface area contributed by atoms with Crippen LogP contribution in [0.3, 0.4) is 0 Å². The lowest BCUT2D eigenvalue weighted by Gasteiger charge is -2.42. The summed E-state index contributed by atoms with van der Waals surface area (Å²) in [5.74, 6) is -0.418. The molecular formula is C21H23FN2O3. The largest absolute Gasteiger partial charge is 0.493 e. The maximum absolute atomic E-state index is 13.5. The molecule has 1 aliphatic rings. The number of para-hydroxylation sites is 1. The topological polar surface area (TPSA) is 72.6 Å². The molecule has 0 bridgehead atoms. The van der Waals surface area contributed by atoms with Crippen LogP contribution in [0.5, 0.6) is 5.75 Å². The fourth-order valence-electron chi connectivity index (χ4n) is 3.62. The Morgan fingerprint density at radius 2 is 1.93 bits per heavy atom. The van der Waals surface area contributed by atoms with Gasteiger partial charge < -0.3 is 15.4 Å². The van der Waals surface area contributed by atoms with Crippen molar-refractivity contribution in [1.29, 1.82) is 0 Å². The molecule has 2 amide bonds. The number of benzene rings is 2. The Labute approximate surface area is 157 Å². The van der Waals surface area contributed by atoms with Crippen LogP contribution in [0.25, 0.3) is 0 Å². The second-order valence-electron chi connectivity index (χ2n) is 7.09. The lowest BCUT2D eigenvalue weighted by atomic mass is 9.77. The van der Waals surface area contributed by atoms with Gasteiger partial charge in [-0.15, -0.1) is 0 Å². The van der Waals surface area contributed by atoms with Crippen LogP contribution in [0.1, 0.15) is 29.6 Å². The van der Waals surface area contributed by atoms with Gasteiger partial charge in [0.2, 0.25) is 5.91 Å². The molecule has 27 heavy (non-hydrogen) atoms. The van der Waals surface area contributed by atoms with Gasteiger partial charge in [-0.25, -0.2) is 4.39 Å². The standard InChI is InChI=1S/C21H23FN2O3/c22-17-7-4-6-16(12-17)20(26)24-11-5-10-21(14-24,13-19(23)25)15-27-18-8-2-1-3-9-18/h1-4,6-9,12H,5,10-11,13-15H2,(H2,23,25). The fraction of sp³-hybridized carbons (Fsp3) is 0.333. The predicted octanol–water partition coefficient (Wildman–Crippen LogP) is 3.00. The summed E-state index contributed by atoms with van der Waals surface area (Å²) >= 11 is 0. The Morgan fingerprint density at radius 3 is 2.63 bits per heavy atom. The van der Waals surface area contributed by atoms with E-state index in [9.17, 15) is 14.0 Å². The number of piperidine rings is 1. The highest BCUT2D eigenvalue weighted by atomic mass is 19.1. The van der Waals surface area contributed by atoms with Crippen LogP contribution in [0.4, 0.5) is 4.39 Å². The van der Waals surface area contributed by atoms with Crippen LogP contribution in [0.15, 0.2) is 54.6 Å². The van der Waals surface area contributed by atoms with Gasteiger partial charge in [-0.05, 0) is 43.2 Å². The average Bonchev–Trinajstić information content (AvgIpc) is 2.66. The number of carbonyl (C=O) groups is 2. The van der Waals surface area contributed by atoms with E-state index >= 15 is 0 Å². The maximum Gasteiger partial charge on any atom is 0.253 e. The first-order chi connectivity index (χ1) is 13.0. The summed E-state index contributed by atoms with van der Waals surface area (Å²) in [6.07, 6.45) is 1.59. The highest BCUT2D eigenvalue weighted by Crippen LogP contribution is 2.35. The minimum absolute atomic E-state index is 0.132. The van der Waals surface area contributed by atoms with Crippen molar-refractivity contribution in [3.05, 3.63) is 66.0 Å². The molecule has 0 radical (unpaired) electrons. The molecule has 1 unspecified atom stereocenters. The SMILES string of the molecule is NC(=O)CC1(COc2ccccc2)CCCN(C(=O)c2cccc(F)c2)C1. The Hall–Kier alpha value is -2.89. The van der Waals surface area contributed by atoms with Crippen molar-refractivity contribution in [3.63, 3.8) is 0 Å². The molecule has 6 heteroatoms. The van der Waals surface area contributed by atoms with Gasteiger partial charge in [0.1, 0.15) is 11.6 Å². The molecule has 2 aromatic rings. The predicted molar refractivity (Wildman–Crippen MR) is 99.7 cm³/mol. The van der Waals surface area contributed by atoms with Crippen LogP contribution >= 0.6 is 0 Å². The van der Waals surface area contributed by atoms with E-state index in [0.29, 0.717) is 24.4 Å². The summed E-state index contributed by atoms with van der Waals surface area (Å²) in [6, 6.07) is 15.0. The highest BCUT2D eigenvalue weighted by molar-refractivity contribution is 5.94. The van der Waals surface area contributed by atoms with Crippen LogP contribution in [-0.2, 0) is 4.79 Å². The third-order valence-electron chi connectivity index (χ3n) is 4.86. The van der Waals surface area contributed by atoms with E-state index in [-0.39, 0.29) is 18.9 Å². The minimum atomic E-state index is -0.553. The van der Waals surface area contributed by atoms with E-state index < -0.39 is 17.1 Å². The van der Waals surface area contributed by atoms with Crippen LogP contribution in [0, 0.1) is 11.2 Å². The van der Waals surface area contributed by atoms with E-state index in [1.807, 2.05) is 30.3 Å². The summed E-state index contributed by atoms with van der Waals surface area (Å²) in [4.78, 5) is 26.2. The van der Waals surface area contributed by atoms with Crippen molar-refractivity contribution >= 4 is 11.8 Å². The van der Waals surface area contributed by atoms with E-state index in [1.54, 1.807) is 11.0 Å². The first-order valence-corrected chi connectivity index (χ1v) is 8.98. The van der Waals surface area contributed by atoms with Crippen LogP contribution in [0.2, 0.25) is 0 Å². The number of halogens is 1. The molecule has 1 atom stereocenters. The molecule has 0 aliphatic carbocycles. The first-order valence-electron chi connectivity index (χ1n) is 8.98. The zero-order valence-electron chi connectivity index (χ0n) is 15.1. The summed E-state index contributed by atoms with van der Waals surface area (Å²) in [5, 5.41) is 0. The van der Waals surface area contributed by atoms with E-state index in [4.69, 9.17) is 10.5 Å². The minimum Gasteiger partial charge on any atom is -0.493 e. The second-order valence-corrected chi connectivity index (χ2v) is 7.09. The van der Waals surface area contributed by atoms with E-state index in [1.165, 1.54) is 18.2 Å². The summed E-state index contributed by atoms with van der Waals surface area (Å²) in [5.41, 5.74) is 5.23. The third kappa shape index (κ3) is 4.84. The summed E-state index contributed by atoms with van der Waals surface area (Å²) in [7, 11) is 0. The Bertz CT molecular complexity index is 812. The second kappa shape index (κ2) is 8.20. The molecule has 1 aliphatic heterocycles. The van der Waals surface area contributed by atoms with Crippen LogP contribution in [-0.4, -0.2) is 36.4 Å². The molecule has 1 heterocycles. The molecule has 142 valence electrons. The molecule has 0 saturated carbocycles. The van der Waals surface area contributed by atoms with Gasteiger partial charge in [0.05, 0.1) is 6.61 Å². The first kappa shape index (κ1) is 18.9. The molecule has 0 spiro atoms. The van der Waals surface area contributed by atoms with Gasteiger partial charge >= 0.3 is 0 Å². The molecule has 3 rings (SSSR count). The molecule has 5 nitrogen and oxygen atoms in total. The number of rotatable bonds is 6. The number of hydrogen-bond donors (Lipinski definition) is 1. The zero-order chi connectivity index (χ0) is 19.3. The van der Waals surface area contributed by atoms with Crippen molar-refractivity contribution < 1.29 is 18.7 Å².